The Labute approximate surface area is 104 Å². The Hall–Kier alpha value is -0.220. The van der Waals surface area contributed by atoms with Crippen molar-refractivity contribution in [1.82, 2.24) is 10.2 Å². The van der Waals surface area contributed by atoms with Crippen molar-refractivity contribution < 1.29 is 4.79 Å². The van der Waals surface area contributed by atoms with E-state index < -0.39 is 0 Å². The highest BCUT2D eigenvalue weighted by Crippen LogP contribution is 2.49. The summed E-state index contributed by atoms with van der Waals surface area (Å²) in [5, 5.41) is 3.02. The fourth-order valence-electron chi connectivity index (χ4n) is 1.44. The second kappa shape index (κ2) is 4.96. The van der Waals surface area contributed by atoms with Crippen LogP contribution in [-0.4, -0.2) is 42.7 Å². The van der Waals surface area contributed by atoms with Crippen molar-refractivity contribution >= 4 is 18.5 Å². The molecule has 1 N–H and O–H groups in total. The zero-order chi connectivity index (χ0) is 12.4. The van der Waals surface area contributed by atoms with Gasteiger partial charge in [-0.15, -0.1) is 0 Å². The number of amides is 1. The molecule has 0 aromatic rings. The van der Waals surface area contributed by atoms with E-state index in [1.807, 2.05) is 14.1 Å². The standard InChI is InChI=1S/C12H24N2OS/c1-11(2,14(3)4)8-13-10(15)7-12(9-16)5-6-12/h16H,5-9H2,1-4H3,(H,13,15). The minimum Gasteiger partial charge on any atom is -0.354 e. The van der Waals surface area contributed by atoms with Crippen molar-refractivity contribution in [3.8, 4) is 0 Å². The molecular weight excluding hydrogens is 220 g/mol. The summed E-state index contributed by atoms with van der Waals surface area (Å²) in [5.74, 6) is 0.999. The van der Waals surface area contributed by atoms with E-state index in [4.69, 9.17) is 0 Å². The van der Waals surface area contributed by atoms with Crippen molar-refractivity contribution in [2.75, 3.05) is 26.4 Å². The van der Waals surface area contributed by atoms with Gasteiger partial charge in [0.2, 0.25) is 5.91 Å². The van der Waals surface area contributed by atoms with Crippen LogP contribution >= 0.6 is 12.6 Å². The highest BCUT2D eigenvalue weighted by molar-refractivity contribution is 7.80. The van der Waals surface area contributed by atoms with E-state index in [1.165, 1.54) is 0 Å². The van der Waals surface area contributed by atoms with Crippen LogP contribution in [0.15, 0.2) is 0 Å². The maximum absolute atomic E-state index is 11.8. The third-order valence-corrected chi connectivity index (χ3v) is 4.43. The molecule has 0 radical (unpaired) electrons. The molecule has 0 heterocycles. The van der Waals surface area contributed by atoms with Crippen LogP contribution in [0.25, 0.3) is 0 Å². The van der Waals surface area contributed by atoms with Gasteiger partial charge in [-0.25, -0.2) is 0 Å². The van der Waals surface area contributed by atoms with Crippen LogP contribution in [0.5, 0.6) is 0 Å². The summed E-state index contributed by atoms with van der Waals surface area (Å²) in [6, 6.07) is 0. The molecule has 0 unspecified atom stereocenters. The van der Waals surface area contributed by atoms with E-state index in [2.05, 4.69) is 36.7 Å². The second-order valence-electron chi connectivity index (χ2n) is 5.82. The highest BCUT2D eigenvalue weighted by Gasteiger charge is 2.42. The molecule has 0 aromatic heterocycles. The van der Waals surface area contributed by atoms with Crippen LogP contribution in [0.4, 0.5) is 0 Å². The number of carbonyl (C=O) groups is 1. The fourth-order valence-corrected chi connectivity index (χ4v) is 1.87. The third kappa shape index (κ3) is 3.67. The molecule has 1 amide bonds. The molecule has 94 valence electrons. The highest BCUT2D eigenvalue weighted by atomic mass is 32.1. The number of likely N-dealkylation sites (N-methyl/N-ethyl adjacent to an activating group) is 1. The molecule has 1 saturated carbocycles. The summed E-state index contributed by atoms with van der Waals surface area (Å²) in [6.45, 7) is 4.94. The Balaban J connectivity index is 2.30. The molecule has 0 aromatic carbocycles. The van der Waals surface area contributed by atoms with Gasteiger partial charge in [-0.3, -0.25) is 4.79 Å². The van der Waals surface area contributed by atoms with Gasteiger partial charge in [-0.05, 0) is 52.0 Å². The average Bonchev–Trinajstić information content (AvgIpc) is 2.95. The maximum Gasteiger partial charge on any atom is 0.220 e. The average molecular weight is 244 g/mol. The third-order valence-electron chi connectivity index (χ3n) is 3.76. The van der Waals surface area contributed by atoms with Crippen LogP contribution in [0.2, 0.25) is 0 Å². The van der Waals surface area contributed by atoms with E-state index in [1.54, 1.807) is 0 Å². The second-order valence-corrected chi connectivity index (χ2v) is 6.13. The molecule has 1 rings (SSSR count). The summed E-state index contributed by atoms with van der Waals surface area (Å²) >= 11 is 4.31. The number of rotatable bonds is 6. The molecule has 0 atom stereocenters. The van der Waals surface area contributed by atoms with Gasteiger partial charge in [0.25, 0.3) is 0 Å². The van der Waals surface area contributed by atoms with Crippen molar-refractivity contribution in [3.05, 3.63) is 0 Å². The van der Waals surface area contributed by atoms with Crippen LogP contribution in [0.1, 0.15) is 33.1 Å². The van der Waals surface area contributed by atoms with Crippen molar-refractivity contribution in [1.29, 1.82) is 0 Å². The van der Waals surface area contributed by atoms with Gasteiger partial charge in [-0.1, -0.05) is 0 Å². The Kier molecular flexibility index (Phi) is 4.29. The van der Waals surface area contributed by atoms with E-state index >= 15 is 0 Å². The van der Waals surface area contributed by atoms with Crippen molar-refractivity contribution in [2.45, 2.75) is 38.6 Å². The summed E-state index contributed by atoms with van der Waals surface area (Å²) in [4.78, 5) is 13.9. The Morgan fingerprint density at radius 2 is 2.00 bits per heavy atom. The predicted octanol–water partition coefficient (Wildman–Crippen LogP) is 1.54. The Bertz CT molecular complexity index is 260. The van der Waals surface area contributed by atoms with Gasteiger partial charge in [0.1, 0.15) is 0 Å². The Morgan fingerprint density at radius 1 is 1.44 bits per heavy atom. The molecule has 3 nitrogen and oxygen atoms in total. The SMILES string of the molecule is CN(C)C(C)(C)CNC(=O)CC1(CS)CC1. The van der Waals surface area contributed by atoms with Crippen molar-refractivity contribution in [2.24, 2.45) is 5.41 Å². The summed E-state index contributed by atoms with van der Waals surface area (Å²) in [6.07, 6.45) is 2.95. The predicted molar refractivity (Wildman–Crippen MR) is 70.9 cm³/mol. The lowest BCUT2D eigenvalue weighted by Gasteiger charge is -2.32. The first-order valence-electron chi connectivity index (χ1n) is 5.86. The number of hydrogen-bond acceptors (Lipinski definition) is 3. The van der Waals surface area contributed by atoms with Crippen LogP contribution < -0.4 is 5.32 Å². The summed E-state index contributed by atoms with van der Waals surface area (Å²) in [7, 11) is 4.06. The zero-order valence-corrected chi connectivity index (χ0v) is 11.7. The van der Waals surface area contributed by atoms with E-state index in [0.717, 1.165) is 18.6 Å². The minimum atomic E-state index is 0.00728. The molecule has 0 bridgehead atoms. The molecule has 4 heteroatoms. The maximum atomic E-state index is 11.8. The first kappa shape index (κ1) is 13.8. The van der Waals surface area contributed by atoms with Crippen LogP contribution in [-0.2, 0) is 4.79 Å². The summed E-state index contributed by atoms with van der Waals surface area (Å²) in [5.41, 5.74) is 0.225. The van der Waals surface area contributed by atoms with Crippen LogP contribution in [0, 0.1) is 5.41 Å². The zero-order valence-electron chi connectivity index (χ0n) is 10.8. The molecule has 16 heavy (non-hydrogen) atoms. The van der Waals surface area contributed by atoms with Gasteiger partial charge in [0.15, 0.2) is 0 Å². The molecule has 0 spiro atoms. The van der Waals surface area contributed by atoms with Gasteiger partial charge < -0.3 is 10.2 Å². The number of carbonyl (C=O) groups excluding carboxylic acids is 1. The fraction of sp³-hybridized carbons (Fsp3) is 0.917. The van der Waals surface area contributed by atoms with E-state index in [0.29, 0.717) is 13.0 Å². The number of nitrogens with zero attached hydrogens (tertiary/aromatic N) is 1. The van der Waals surface area contributed by atoms with E-state index in [-0.39, 0.29) is 16.9 Å². The first-order valence-corrected chi connectivity index (χ1v) is 6.50. The smallest absolute Gasteiger partial charge is 0.220 e. The lowest BCUT2D eigenvalue weighted by atomic mass is 10.0. The topological polar surface area (TPSA) is 32.3 Å². The minimum absolute atomic E-state index is 0.00728. The molecule has 1 fully saturated rings. The Morgan fingerprint density at radius 3 is 2.38 bits per heavy atom. The number of thiol groups is 1. The summed E-state index contributed by atoms with van der Waals surface area (Å²) < 4.78 is 0. The molecule has 0 saturated heterocycles. The van der Waals surface area contributed by atoms with E-state index in [9.17, 15) is 4.79 Å². The normalized spacial score (nSPS) is 18.6. The lowest BCUT2D eigenvalue weighted by molar-refractivity contribution is -0.122. The lowest BCUT2D eigenvalue weighted by Crippen LogP contribution is -2.48. The number of nitrogens with one attached hydrogen (secondary N) is 1. The molecular formula is C12H24N2OS. The molecule has 1 aliphatic rings. The largest absolute Gasteiger partial charge is 0.354 e. The van der Waals surface area contributed by atoms with Gasteiger partial charge >= 0.3 is 0 Å². The van der Waals surface area contributed by atoms with Gasteiger partial charge in [-0.2, -0.15) is 12.6 Å². The monoisotopic (exact) mass is 244 g/mol. The first-order chi connectivity index (χ1) is 7.31. The van der Waals surface area contributed by atoms with Gasteiger partial charge in [0, 0.05) is 18.5 Å². The van der Waals surface area contributed by atoms with Gasteiger partial charge in [0.05, 0.1) is 0 Å². The van der Waals surface area contributed by atoms with Crippen LogP contribution in [0.3, 0.4) is 0 Å². The molecule has 0 aliphatic heterocycles. The molecule has 1 aliphatic carbocycles. The quantitative estimate of drug-likeness (QED) is 0.695. The number of hydrogen-bond donors (Lipinski definition) is 2. The van der Waals surface area contributed by atoms with Crippen molar-refractivity contribution in [3.63, 3.8) is 0 Å².